The smallest absolute Gasteiger partial charge is 0.227 e. The van der Waals surface area contributed by atoms with Crippen molar-refractivity contribution in [3.63, 3.8) is 0 Å². The number of likely N-dealkylation sites (tertiary alicyclic amines) is 2. The molecule has 3 heterocycles. The number of pyridine rings is 1. The van der Waals surface area contributed by atoms with Gasteiger partial charge in [0.25, 0.3) is 0 Å². The van der Waals surface area contributed by atoms with Crippen molar-refractivity contribution in [2.45, 2.75) is 51.6 Å². The lowest BCUT2D eigenvalue weighted by molar-refractivity contribution is -0.136. The molecule has 1 N–H and O–H groups in total. The van der Waals surface area contributed by atoms with Crippen LogP contribution in [0.1, 0.15) is 40.0 Å². The van der Waals surface area contributed by atoms with E-state index in [-0.39, 0.29) is 23.3 Å². The lowest BCUT2D eigenvalue weighted by Crippen LogP contribution is -2.46. The molecule has 0 saturated carbocycles. The molecule has 1 atom stereocenters. The Hall–Kier alpha value is -2.11. The molecular formula is C19H28N4O2. The second-order valence-electron chi connectivity index (χ2n) is 8.04. The number of aromatic nitrogens is 1. The normalized spacial score (nSPS) is 22.4. The van der Waals surface area contributed by atoms with Crippen LogP contribution in [0.4, 0.5) is 5.82 Å². The van der Waals surface area contributed by atoms with Crippen LogP contribution in [0.2, 0.25) is 0 Å². The van der Waals surface area contributed by atoms with Crippen molar-refractivity contribution in [3.05, 3.63) is 24.4 Å². The molecule has 6 heteroatoms. The molecular weight excluding hydrogens is 316 g/mol. The summed E-state index contributed by atoms with van der Waals surface area (Å²) in [7, 11) is 0. The number of piperidine rings is 1. The Balaban J connectivity index is 1.51. The zero-order valence-electron chi connectivity index (χ0n) is 15.4. The molecule has 2 saturated heterocycles. The van der Waals surface area contributed by atoms with E-state index in [1.807, 2.05) is 48.8 Å². The average molecular weight is 344 g/mol. The molecule has 0 spiro atoms. The number of hydrogen-bond acceptors (Lipinski definition) is 4. The van der Waals surface area contributed by atoms with Crippen LogP contribution in [0, 0.1) is 5.92 Å². The first-order valence-electron chi connectivity index (χ1n) is 9.11. The molecule has 2 fully saturated rings. The molecule has 0 radical (unpaired) electrons. The third kappa shape index (κ3) is 4.11. The fourth-order valence-corrected chi connectivity index (χ4v) is 3.68. The first-order chi connectivity index (χ1) is 11.8. The Kier molecular flexibility index (Phi) is 4.97. The molecule has 1 aromatic heterocycles. The Labute approximate surface area is 149 Å². The van der Waals surface area contributed by atoms with E-state index in [0.29, 0.717) is 19.0 Å². The zero-order valence-corrected chi connectivity index (χ0v) is 15.4. The predicted octanol–water partition coefficient (Wildman–Crippen LogP) is 2.13. The molecule has 2 aliphatic heterocycles. The summed E-state index contributed by atoms with van der Waals surface area (Å²) in [5.41, 5.74) is -0.217. The Morgan fingerprint density at radius 3 is 2.52 bits per heavy atom. The van der Waals surface area contributed by atoms with E-state index in [9.17, 15) is 9.59 Å². The molecule has 0 aromatic carbocycles. The summed E-state index contributed by atoms with van der Waals surface area (Å²) in [5, 5.41) is 3.43. The molecule has 2 aliphatic rings. The summed E-state index contributed by atoms with van der Waals surface area (Å²) in [6.45, 7) is 8.09. The number of carbonyl (C=O) groups excluding carboxylic acids is 2. The molecule has 0 bridgehead atoms. The van der Waals surface area contributed by atoms with Crippen LogP contribution in [-0.2, 0) is 9.59 Å². The molecule has 136 valence electrons. The number of nitrogens with zero attached hydrogens (tertiary/aromatic N) is 3. The highest BCUT2D eigenvalue weighted by atomic mass is 16.2. The van der Waals surface area contributed by atoms with E-state index in [1.165, 1.54) is 0 Å². The molecule has 3 rings (SSSR count). The van der Waals surface area contributed by atoms with Gasteiger partial charge in [-0.25, -0.2) is 4.98 Å². The van der Waals surface area contributed by atoms with Gasteiger partial charge in [0.2, 0.25) is 11.8 Å². The van der Waals surface area contributed by atoms with E-state index >= 15 is 0 Å². The van der Waals surface area contributed by atoms with E-state index in [4.69, 9.17) is 0 Å². The second kappa shape index (κ2) is 7.02. The molecule has 1 aromatic rings. The van der Waals surface area contributed by atoms with E-state index in [1.54, 1.807) is 6.20 Å². The molecule has 2 amide bonds. The largest absolute Gasteiger partial charge is 0.367 e. The van der Waals surface area contributed by atoms with Crippen molar-refractivity contribution in [2.24, 2.45) is 5.92 Å². The van der Waals surface area contributed by atoms with Crippen molar-refractivity contribution in [2.75, 3.05) is 25.0 Å². The van der Waals surface area contributed by atoms with Crippen LogP contribution < -0.4 is 5.32 Å². The van der Waals surface area contributed by atoms with Crippen molar-refractivity contribution >= 4 is 17.6 Å². The van der Waals surface area contributed by atoms with Gasteiger partial charge in [-0.05, 0) is 45.7 Å². The monoisotopic (exact) mass is 344 g/mol. The average Bonchev–Trinajstić information content (AvgIpc) is 2.98. The highest BCUT2D eigenvalue weighted by Crippen LogP contribution is 2.28. The molecule has 0 unspecified atom stereocenters. The van der Waals surface area contributed by atoms with Gasteiger partial charge in [0, 0.05) is 43.8 Å². The highest BCUT2D eigenvalue weighted by Gasteiger charge is 2.41. The first kappa shape index (κ1) is 17.7. The number of anilines is 1. The lowest BCUT2D eigenvalue weighted by atomic mass is 10.0. The van der Waals surface area contributed by atoms with Gasteiger partial charge in [0.15, 0.2) is 0 Å². The number of nitrogens with one attached hydrogen (secondary N) is 1. The third-order valence-corrected chi connectivity index (χ3v) is 5.11. The van der Waals surface area contributed by atoms with E-state index < -0.39 is 0 Å². The van der Waals surface area contributed by atoms with Crippen molar-refractivity contribution in [1.29, 1.82) is 0 Å². The number of rotatable bonds is 3. The molecule has 0 aliphatic carbocycles. The third-order valence-electron chi connectivity index (χ3n) is 5.11. The van der Waals surface area contributed by atoms with E-state index in [0.717, 1.165) is 31.7 Å². The van der Waals surface area contributed by atoms with Gasteiger partial charge in [-0.15, -0.1) is 0 Å². The van der Waals surface area contributed by atoms with E-state index in [2.05, 4.69) is 10.3 Å². The maximum Gasteiger partial charge on any atom is 0.227 e. The summed E-state index contributed by atoms with van der Waals surface area (Å²) >= 11 is 0. The second-order valence-corrected chi connectivity index (χ2v) is 8.04. The highest BCUT2D eigenvalue weighted by molar-refractivity contribution is 5.89. The standard InChI is InChI=1S/C19H28N4O2/c1-19(2,3)23-13-14(12-17(23)24)18(25)22-10-7-15(8-11-22)21-16-6-4-5-9-20-16/h4-6,9,14-15H,7-8,10-13H2,1-3H3,(H,20,21)/t14-/m1/s1. The van der Waals surface area contributed by atoms with Gasteiger partial charge >= 0.3 is 0 Å². The van der Waals surface area contributed by atoms with Crippen LogP contribution in [0.25, 0.3) is 0 Å². The maximum atomic E-state index is 12.8. The molecule has 6 nitrogen and oxygen atoms in total. The van der Waals surface area contributed by atoms with Crippen molar-refractivity contribution in [3.8, 4) is 0 Å². The van der Waals surface area contributed by atoms with Gasteiger partial charge < -0.3 is 15.1 Å². The van der Waals surface area contributed by atoms with Crippen LogP contribution in [0.5, 0.6) is 0 Å². The fourth-order valence-electron chi connectivity index (χ4n) is 3.68. The Morgan fingerprint density at radius 1 is 1.24 bits per heavy atom. The van der Waals surface area contributed by atoms with Crippen LogP contribution in [-0.4, -0.2) is 57.8 Å². The Bertz CT molecular complexity index is 618. The summed E-state index contributed by atoms with van der Waals surface area (Å²) in [5.74, 6) is 0.926. The lowest BCUT2D eigenvalue weighted by Gasteiger charge is -2.35. The summed E-state index contributed by atoms with van der Waals surface area (Å²) in [6.07, 6.45) is 3.94. The van der Waals surface area contributed by atoms with Gasteiger partial charge in [-0.3, -0.25) is 9.59 Å². The van der Waals surface area contributed by atoms with Gasteiger partial charge in [-0.2, -0.15) is 0 Å². The minimum atomic E-state index is -0.217. The van der Waals surface area contributed by atoms with Crippen LogP contribution in [0.15, 0.2) is 24.4 Å². The topological polar surface area (TPSA) is 65.5 Å². The zero-order chi connectivity index (χ0) is 18.0. The first-order valence-corrected chi connectivity index (χ1v) is 9.11. The Morgan fingerprint density at radius 2 is 1.96 bits per heavy atom. The van der Waals surface area contributed by atoms with Crippen molar-refractivity contribution in [1.82, 2.24) is 14.8 Å². The number of amides is 2. The minimum Gasteiger partial charge on any atom is -0.367 e. The van der Waals surface area contributed by atoms with Gasteiger partial charge in [0.05, 0.1) is 5.92 Å². The number of hydrogen-bond donors (Lipinski definition) is 1. The predicted molar refractivity (Wildman–Crippen MR) is 97.0 cm³/mol. The van der Waals surface area contributed by atoms with Crippen LogP contribution >= 0.6 is 0 Å². The summed E-state index contributed by atoms with van der Waals surface area (Å²) in [6, 6.07) is 6.17. The quantitative estimate of drug-likeness (QED) is 0.912. The minimum absolute atomic E-state index is 0.0950. The van der Waals surface area contributed by atoms with Crippen molar-refractivity contribution < 1.29 is 9.59 Å². The van der Waals surface area contributed by atoms with Crippen LogP contribution in [0.3, 0.4) is 0 Å². The van der Waals surface area contributed by atoms with Gasteiger partial charge in [0.1, 0.15) is 5.82 Å². The SMILES string of the molecule is CC(C)(C)N1C[C@H](C(=O)N2CCC(Nc3ccccn3)CC2)CC1=O. The molecule has 25 heavy (non-hydrogen) atoms. The fraction of sp³-hybridized carbons (Fsp3) is 0.632. The summed E-state index contributed by atoms with van der Waals surface area (Å²) in [4.78, 5) is 33.1. The maximum absolute atomic E-state index is 12.8. The number of carbonyl (C=O) groups is 2. The summed E-state index contributed by atoms with van der Waals surface area (Å²) < 4.78 is 0. The van der Waals surface area contributed by atoms with Gasteiger partial charge in [-0.1, -0.05) is 6.07 Å².